The Hall–Kier alpha value is -0.950. The van der Waals surface area contributed by atoms with Gasteiger partial charge in [0.1, 0.15) is 0 Å². The Kier molecular flexibility index (Phi) is 7.85. The summed E-state index contributed by atoms with van der Waals surface area (Å²) in [5, 5.41) is 0.00418. The molecule has 2 atom stereocenters. The summed E-state index contributed by atoms with van der Waals surface area (Å²) in [6.45, 7) is 3.45. The van der Waals surface area contributed by atoms with Crippen molar-refractivity contribution in [2.45, 2.75) is 44.5 Å². The second-order valence-corrected chi connectivity index (χ2v) is 5.64. The number of thioether (sulfide) groups is 1. The molecule has 1 heterocycles. The van der Waals surface area contributed by atoms with E-state index in [4.69, 9.17) is 11.5 Å². The first-order chi connectivity index (χ1) is 8.45. The van der Waals surface area contributed by atoms with E-state index in [1.165, 1.54) is 11.8 Å². The summed E-state index contributed by atoms with van der Waals surface area (Å²) < 4.78 is 0. The molecular formula is C11H21ClN4O2S. The van der Waals surface area contributed by atoms with Crippen LogP contribution in [0.4, 0.5) is 0 Å². The van der Waals surface area contributed by atoms with Crippen molar-refractivity contribution in [1.29, 1.82) is 0 Å². The summed E-state index contributed by atoms with van der Waals surface area (Å²) in [5.74, 6) is 0.724. The van der Waals surface area contributed by atoms with E-state index < -0.39 is 0 Å². The first kappa shape index (κ1) is 18.0. The highest BCUT2D eigenvalue weighted by atomic mass is 35.5. The van der Waals surface area contributed by atoms with E-state index in [0.717, 1.165) is 18.6 Å². The van der Waals surface area contributed by atoms with Gasteiger partial charge < -0.3 is 11.5 Å². The molecule has 0 radical (unpaired) electrons. The number of imide groups is 1. The van der Waals surface area contributed by atoms with Crippen LogP contribution in [-0.2, 0) is 9.59 Å². The molecule has 110 valence electrons. The summed E-state index contributed by atoms with van der Waals surface area (Å²) in [7, 11) is 0. The summed E-state index contributed by atoms with van der Waals surface area (Å²) >= 11 is 1.66. The number of carbonyl (C=O) groups is 2. The maximum atomic E-state index is 11.3. The topological polar surface area (TPSA) is 102 Å². The smallest absolute Gasteiger partial charge is 0.231 e. The highest BCUT2D eigenvalue weighted by Gasteiger charge is 2.38. The van der Waals surface area contributed by atoms with Crippen LogP contribution in [0.1, 0.15) is 33.1 Å². The van der Waals surface area contributed by atoms with Crippen molar-refractivity contribution in [3.63, 3.8) is 0 Å². The second-order valence-electron chi connectivity index (χ2n) is 4.18. The van der Waals surface area contributed by atoms with Gasteiger partial charge in [0, 0.05) is 19.4 Å². The van der Waals surface area contributed by atoms with Crippen molar-refractivity contribution < 1.29 is 9.59 Å². The van der Waals surface area contributed by atoms with Gasteiger partial charge in [0.15, 0.2) is 5.96 Å². The van der Waals surface area contributed by atoms with Crippen LogP contribution in [-0.4, -0.2) is 39.8 Å². The number of amides is 2. The van der Waals surface area contributed by atoms with Crippen molar-refractivity contribution in [1.82, 2.24) is 4.90 Å². The number of carbonyl (C=O) groups excluding carboxylic acids is 2. The molecule has 1 aliphatic heterocycles. The van der Waals surface area contributed by atoms with Crippen LogP contribution in [0.5, 0.6) is 0 Å². The van der Waals surface area contributed by atoms with Crippen molar-refractivity contribution in [2.24, 2.45) is 16.5 Å². The average Bonchev–Trinajstić information content (AvgIpc) is 2.21. The largest absolute Gasteiger partial charge is 0.370 e. The number of nitrogens with zero attached hydrogens (tertiary/aromatic N) is 2. The number of likely N-dealkylation sites (tertiary alicyclic amines) is 1. The van der Waals surface area contributed by atoms with E-state index in [-0.39, 0.29) is 41.6 Å². The minimum atomic E-state index is -0.183. The van der Waals surface area contributed by atoms with Gasteiger partial charge in [0.05, 0.1) is 5.37 Å². The first-order valence-electron chi connectivity index (χ1n) is 5.98. The minimum absolute atomic E-state index is 0. The van der Waals surface area contributed by atoms with Crippen molar-refractivity contribution in [2.75, 3.05) is 5.75 Å². The number of hydrogen-bond donors (Lipinski definition) is 2. The monoisotopic (exact) mass is 308 g/mol. The van der Waals surface area contributed by atoms with Crippen LogP contribution < -0.4 is 11.5 Å². The molecule has 0 aromatic rings. The SMILES string of the molecule is CCSC(CCC1CC(=O)N1C(C)=O)N=C(N)N.Cl. The molecule has 0 aromatic heterocycles. The Morgan fingerprint density at radius 1 is 1.58 bits per heavy atom. The summed E-state index contributed by atoms with van der Waals surface area (Å²) in [6.07, 6.45) is 1.96. The number of β-lactam (4-membered cyclic amide) rings is 1. The molecule has 0 saturated carbocycles. The zero-order valence-corrected chi connectivity index (χ0v) is 12.8. The van der Waals surface area contributed by atoms with Crippen LogP contribution in [0.15, 0.2) is 4.99 Å². The number of rotatable bonds is 6. The van der Waals surface area contributed by atoms with Gasteiger partial charge in [-0.05, 0) is 18.6 Å². The second kappa shape index (κ2) is 8.27. The fourth-order valence-corrected chi connectivity index (χ4v) is 2.91. The van der Waals surface area contributed by atoms with Gasteiger partial charge in [-0.15, -0.1) is 24.2 Å². The third-order valence-electron chi connectivity index (χ3n) is 2.78. The standard InChI is InChI=1S/C11H20N4O2S.ClH/c1-3-18-9(14-11(12)13)5-4-8-6-10(17)15(8)7(2)16;/h8-9H,3-6H2,1-2H3,(H4,12,13,14);1H. The Morgan fingerprint density at radius 2 is 2.21 bits per heavy atom. The van der Waals surface area contributed by atoms with E-state index in [9.17, 15) is 9.59 Å². The van der Waals surface area contributed by atoms with Crippen LogP contribution >= 0.6 is 24.2 Å². The maximum absolute atomic E-state index is 11.3. The molecule has 8 heteroatoms. The molecule has 0 spiro atoms. The highest BCUT2D eigenvalue weighted by Crippen LogP contribution is 2.27. The molecule has 19 heavy (non-hydrogen) atoms. The molecule has 0 bridgehead atoms. The van der Waals surface area contributed by atoms with Crippen LogP contribution in [0.2, 0.25) is 0 Å². The average molecular weight is 309 g/mol. The van der Waals surface area contributed by atoms with Gasteiger partial charge in [-0.3, -0.25) is 14.5 Å². The molecule has 0 aliphatic carbocycles. The highest BCUT2D eigenvalue weighted by molar-refractivity contribution is 7.99. The Morgan fingerprint density at radius 3 is 2.63 bits per heavy atom. The Labute approximate surface area is 123 Å². The summed E-state index contributed by atoms with van der Waals surface area (Å²) in [4.78, 5) is 27.9. The lowest BCUT2D eigenvalue weighted by molar-refractivity contribution is -0.157. The summed E-state index contributed by atoms with van der Waals surface area (Å²) in [6, 6.07) is 0.0177. The van der Waals surface area contributed by atoms with Gasteiger partial charge in [-0.1, -0.05) is 6.92 Å². The number of nitrogens with two attached hydrogens (primary N) is 2. The van der Waals surface area contributed by atoms with E-state index >= 15 is 0 Å². The van der Waals surface area contributed by atoms with E-state index in [1.807, 2.05) is 6.92 Å². The van der Waals surface area contributed by atoms with E-state index in [2.05, 4.69) is 4.99 Å². The number of halogens is 1. The molecule has 6 nitrogen and oxygen atoms in total. The minimum Gasteiger partial charge on any atom is -0.370 e. The molecule has 4 N–H and O–H groups in total. The Balaban J connectivity index is 0.00000324. The van der Waals surface area contributed by atoms with Crippen LogP contribution in [0, 0.1) is 0 Å². The van der Waals surface area contributed by atoms with Gasteiger partial charge >= 0.3 is 0 Å². The molecule has 2 unspecified atom stereocenters. The van der Waals surface area contributed by atoms with Crippen molar-refractivity contribution in [3.05, 3.63) is 0 Å². The zero-order valence-electron chi connectivity index (χ0n) is 11.2. The zero-order chi connectivity index (χ0) is 13.7. The van der Waals surface area contributed by atoms with Gasteiger partial charge in [0.25, 0.3) is 0 Å². The van der Waals surface area contributed by atoms with Gasteiger partial charge in [0.2, 0.25) is 11.8 Å². The number of hydrogen-bond acceptors (Lipinski definition) is 4. The number of guanidine groups is 1. The molecular weight excluding hydrogens is 288 g/mol. The fraction of sp³-hybridized carbons (Fsp3) is 0.727. The Bertz CT molecular complexity index is 353. The van der Waals surface area contributed by atoms with Crippen molar-refractivity contribution in [3.8, 4) is 0 Å². The quantitative estimate of drug-likeness (QED) is 0.427. The third-order valence-corrected chi connectivity index (χ3v) is 3.84. The molecule has 0 aromatic carbocycles. The maximum Gasteiger partial charge on any atom is 0.231 e. The normalized spacial score (nSPS) is 19.2. The molecule has 2 amide bonds. The lowest BCUT2D eigenvalue weighted by Gasteiger charge is -2.38. The predicted molar refractivity (Wildman–Crippen MR) is 80.1 cm³/mol. The molecule has 1 fully saturated rings. The lowest BCUT2D eigenvalue weighted by Crippen LogP contribution is -2.54. The lowest BCUT2D eigenvalue weighted by atomic mass is 9.97. The molecule has 1 rings (SSSR count). The molecule has 1 saturated heterocycles. The summed E-state index contributed by atoms with van der Waals surface area (Å²) in [5.41, 5.74) is 10.7. The third kappa shape index (κ3) is 5.28. The fourth-order valence-electron chi connectivity index (χ4n) is 2.03. The van der Waals surface area contributed by atoms with Crippen LogP contribution in [0.3, 0.4) is 0 Å². The van der Waals surface area contributed by atoms with E-state index in [1.54, 1.807) is 11.8 Å². The van der Waals surface area contributed by atoms with E-state index in [0.29, 0.717) is 6.42 Å². The van der Waals surface area contributed by atoms with Crippen LogP contribution in [0.25, 0.3) is 0 Å². The predicted octanol–water partition coefficient (Wildman–Crippen LogP) is 0.688. The van der Waals surface area contributed by atoms with Crippen molar-refractivity contribution >= 4 is 41.9 Å². The van der Waals surface area contributed by atoms with Gasteiger partial charge in [-0.2, -0.15) is 0 Å². The molecule has 1 aliphatic rings. The first-order valence-corrected chi connectivity index (χ1v) is 7.03. The van der Waals surface area contributed by atoms with Gasteiger partial charge in [-0.25, -0.2) is 4.99 Å². The number of aliphatic imine (C=N–C) groups is 1.